The molecule has 0 radical (unpaired) electrons. The molecular formula is C21H20ClN3O4. The maximum atomic E-state index is 12.7. The minimum absolute atomic E-state index is 0.243. The van der Waals surface area contributed by atoms with Crippen LogP contribution in [-0.2, 0) is 6.54 Å². The zero-order valence-electron chi connectivity index (χ0n) is 15.8. The lowest BCUT2D eigenvalue weighted by atomic mass is 10.1. The second-order valence-electron chi connectivity index (χ2n) is 6.53. The molecule has 0 aliphatic carbocycles. The summed E-state index contributed by atoms with van der Waals surface area (Å²) in [5.74, 6) is 1.65. The largest absolute Gasteiger partial charge is 0.497 e. The molecule has 29 heavy (non-hydrogen) atoms. The molecule has 0 fully saturated rings. The van der Waals surface area contributed by atoms with E-state index in [0.717, 1.165) is 23.3 Å². The van der Waals surface area contributed by atoms with Gasteiger partial charge in [0.15, 0.2) is 11.5 Å². The van der Waals surface area contributed by atoms with Gasteiger partial charge in [-0.25, -0.2) is 0 Å². The van der Waals surface area contributed by atoms with Gasteiger partial charge in [-0.2, -0.15) is 5.10 Å². The highest BCUT2D eigenvalue weighted by Gasteiger charge is 2.18. The summed E-state index contributed by atoms with van der Waals surface area (Å²) in [5.41, 5.74) is 2.76. The van der Waals surface area contributed by atoms with Crippen LogP contribution in [0.1, 0.15) is 22.3 Å². The Hall–Kier alpha value is -3.19. The summed E-state index contributed by atoms with van der Waals surface area (Å²) in [5, 5.41) is 10.3. The van der Waals surface area contributed by atoms with E-state index >= 15 is 0 Å². The maximum Gasteiger partial charge on any atom is 0.255 e. The van der Waals surface area contributed by atoms with Crippen molar-refractivity contribution < 1.29 is 19.0 Å². The van der Waals surface area contributed by atoms with Gasteiger partial charge in [0.05, 0.1) is 42.8 Å². The average Bonchev–Trinajstić information content (AvgIpc) is 3.11. The van der Waals surface area contributed by atoms with Crippen molar-refractivity contribution in [2.75, 3.05) is 20.3 Å². The van der Waals surface area contributed by atoms with Gasteiger partial charge in [-0.15, -0.1) is 0 Å². The number of carbonyl (C=O) groups is 1. The van der Waals surface area contributed by atoms with E-state index in [1.54, 1.807) is 13.2 Å². The Morgan fingerprint density at radius 1 is 1.24 bits per heavy atom. The summed E-state index contributed by atoms with van der Waals surface area (Å²) < 4.78 is 16.5. The number of hydrogen-bond donors (Lipinski definition) is 2. The van der Waals surface area contributed by atoms with E-state index in [1.807, 2.05) is 30.3 Å². The highest BCUT2D eigenvalue weighted by atomic mass is 35.5. The van der Waals surface area contributed by atoms with Crippen LogP contribution in [0.4, 0.5) is 0 Å². The summed E-state index contributed by atoms with van der Waals surface area (Å²) in [7, 11) is 1.61. The van der Waals surface area contributed by atoms with Gasteiger partial charge in [-0.1, -0.05) is 11.6 Å². The summed E-state index contributed by atoms with van der Waals surface area (Å²) in [6.45, 7) is 1.43. The molecule has 150 valence electrons. The van der Waals surface area contributed by atoms with Crippen molar-refractivity contribution in [3.05, 3.63) is 58.7 Å². The smallest absolute Gasteiger partial charge is 0.255 e. The fourth-order valence-electron chi connectivity index (χ4n) is 3.10. The summed E-state index contributed by atoms with van der Waals surface area (Å²) in [4.78, 5) is 12.7. The number of rotatable bonds is 5. The fourth-order valence-corrected chi connectivity index (χ4v) is 3.39. The maximum absolute atomic E-state index is 12.7. The number of carbonyl (C=O) groups excluding carboxylic acids is 1. The molecule has 0 unspecified atom stereocenters. The number of H-pyrrole nitrogens is 1. The van der Waals surface area contributed by atoms with Crippen LogP contribution in [0.25, 0.3) is 11.3 Å². The number of hydrogen-bond acceptors (Lipinski definition) is 5. The molecule has 4 rings (SSSR count). The van der Waals surface area contributed by atoms with E-state index < -0.39 is 0 Å². The quantitative estimate of drug-likeness (QED) is 0.664. The number of nitrogens with one attached hydrogen (secondary N) is 2. The fraction of sp³-hybridized carbons (Fsp3) is 0.238. The molecule has 1 amide bonds. The molecule has 1 aromatic heterocycles. The van der Waals surface area contributed by atoms with Crippen LogP contribution < -0.4 is 19.5 Å². The number of aromatic nitrogens is 2. The number of aromatic amines is 1. The van der Waals surface area contributed by atoms with E-state index in [4.69, 9.17) is 25.8 Å². The topological polar surface area (TPSA) is 85.5 Å². The van der Waals surface area contributed by atoms with Gasteiger partial charge in [0.25, 0.3) is 5.91 Å². The van der Waals surface area contributed by atoms with Crippen molar-refractivity contribution in [3.63, 3.8) is 0 Å². The van der Waals surface area contributed by atoms with Crippen molar-refractivity contribution >= 4 is 17.5 Å². The van der Waals surface area contributed by atoms with Crippen molar-refractivity contribution in [2.24, 2.45) is 0 Å². The second-order valence-corrected chi connectivity index (χ2v) is 6.93. The summed E-state index contributed by atoms with van der Waals surface area (Å²) in [6.07, 6.45) is 2.31. The third-order valence-electron chi connectivity index (χ3n) is 4.58. The lowest BCUT2D eigenvalue weighted by Crippen LogP contribution is -2.23. The van der Waals surface area contributed by atoms with Gasteiger partial charge < -0.3 is 19.5 Å². The number of ether oxygens (including phenoxy) is 3. The van der Waals surface area contributed by atoms with Crippen LogP contribution in [0.3, 0.4) is 0 Å². The van der Waals surface area contributed by atoms with Crippen LogP contribution in [0, 0.1) is 0 Å². The first-order valence-corrected chi connectivity index (χ1v) is 9.57. The van der Waals surface area contributed by atoms with Crippen molar-refractivity contribution in [3.8, 4) is 28.5 Å². The highest BCUT2D eigenvalue weighted by molar-refractivity contribution is 6.32. The Balaban J connectivity index is 1.49. The van der Waals surface area contributed by atoms with Crippen molar-refractivity contribution in [1.29, 1.82) is 0 Å². The third-order valence-corrected chi connectivity index (χ3v) is 4.86. The number of fused-ring (bicyclic) bond motifs is 1. The molecule has 2 N–H and O–H groups in total. The Bertz CT molecular complexity index is 1020. The minimum Gasteiger partial charge on any atom is -0.497 e. The SMILES string of the molecule is COc1ccc(-c2[nH]ncc2C(=O)NCc2cc(Cl)c3c(c2)OCCCO3)cc1. The molecule has 7 nitrogen and oxygen atoms in total. The third kappa shape index (κ3) is 4.14. The molecule has 0 bridgehead atoms. The second kappa shape index (κ2) is 8.45. The number of amides is 1. The minimum atomic E-state index is -0.243. The first-order valence-electron chi connectivity index (χ1n) is 9.19. The van der Waals surface area contributed by atoms with E-state index in [2.05, 4.69) is 15.5 Å². The van der Waals surface area contributed by atoms with Crippen molar-refractivity contribution in [2.45, 2.75) is 13.0 Å². The van der Waals surface area contributed by atoms with Gasteiger partial charge in [-0.05, 0) is 42.0 Å². The van der Waals surface area contributed by atoms with Crippen LogP contribution in [0.5, 0.6) is 17.2 Å². The monoisotopic (exact) mass is 413 g/mol. The van der Waals surface area contributed by atoms with E-state index in [-0.39, 0.29) is 5.91 Å². The van der Waals surface area contributed by atoms with Gasteiger partial charge in [0.1, 0.15) is 5.75 Å². The van der Waals surface area contributed by atoms with E-state index in [0.29, 0.717) is 47.5 Å². The zero-order chi connectivity index (χ0) is 20.2. The molecule has 1 aliphatic rings. The van der Waals surface area contributed by atoms with Gasteiger partial charge in [0.2, 0.25) is 0 Å². The first-order chi connectivity index (χ1) is 14.2. The van der Waals surface area contributed by atoms with E-state index in [9.17, 15) is 4.79 Å². The average molecular weight is 414 g/mol. The predicted molar refractivity (Wildman–Crippen MR) is 109 cm³/mol. The number of halogens is 1. The first kappa shape index (κ1) is 19.1. The molecular weight excluding hydrogens is 394 g/mol. The molecule has 0 saturated carbocycles. The van der Waals surface area contributed by atoms with Crippen LogP contribution in [0.15, 0.2) is 42.6 Å². The summed E-state index contributed by atoms with van der Waals surface area (Å²) in [6, 6.07) is 11.0. The number of benzene rings is 2. The molecule has 0 saturated heterocycles. The molecule has 2 heterocycles. The predicted octanol–water partition coefficient (Wildman–Crippen LogP) is 3.83. The normalized spacial score (nSPS) is 12.9. The summed E-state index contributed by atoms with van der Waals surface area (Å²) >= 11 is 6.32. The Morgan fingerprint density at radius 3 is 2.83 bits per heavy atom. The lowest BCUT2D eigenvalue weighted by Gasteiger charge is -2.12. The number of nitrogens with zero attached hydrogens (tertiary/aromatic N) is 1. The molecule has 1 aliphatic heterocycles. The molecule has 0 spiro atoms. The Labute approximate surface area is 172 Å². The van der Waals surface area contributed by atoms with Crippen LogP contribution in [-0.4, -0.2) is 36.4 Å². The van der Waals surface area contributed by atoms with Crippen LogP contribution in [0.2, 0.25) is 5.02 Å². The molecule has 8 heteroatoms. The zero-order valence-corrected chi connectivity index (χ0v) is 16.6. The standard InChI is InChI=1S/C21H20ClN3O4/c1-27-15-5-3-14(4-6-15)19-16(12-24-25-19)21(26)23-11-13-9-17(22)20-18(10-13)28-7-2-8-29-20/h3-6,9-10,12H,2,7-8,11H2,1H3,(H,23,26)(H,24,25). The number of methoxy groups -OCH3 is 1. The van der Waals surface area contributed by atoms with Gasteiger partial charge in [0, 0.05) is 18.5 Å². The highest BCUT2D eigenvalue weighted by Crippen LogP contribution is 2.38. The van der Waals surface area contributed by atoms with E-state index in [1.165, 1.54) is 6.20 Å². The van der Waals surface area contributed by atoms with Crippen LogP contribution >= 0.6 is 11.6 Å². The molecule has 0 atom stereocenters. The van der Waals surface area contributed by atoms with Gasteiger partial charge in [-0.3, -0.25) is 9.89 Å². The van der Waals surface area contributed by atoms with Crippen molar-refractivity contribution in [1.82, 2.24) is 15.5 Å². The van der Waals surface area contributed by atoms with Gasteiger partial charge >= 0.3 is 0 Å². The Kier molecular flexibility index (Phi) is 5.57. The Morgan fingerprint density at radius 2 is 2.03 bits per heavy atom. The molecule has 2 aromatic carbocycles. The lowest BCUT2D eigenvalue weighted by molar-refractivity contribution is 0.0951. The molecule has 3 aromatic rings.